The van der Waals surface area contributed by atoms with E-state index in [1.807, 2.05) is 19.1 Å². The van der Waals surface area contributed by atoms with Gasteiger partial charge in [0.2, 0.25) is 0 Å². The zero-order chi connectivity index (χ0) is 14.1. The van der Waals surface area contributed by atoms with Gasteiger partial charge >= 0.3 is 0 Å². The second-order valence-electron chi connectivity index (χ2n) is 4.66. The molecule has 0 saturated heterocycles. The molecular weight excluding hydrogens is 242 g/mol. The highest BCUT2D eigenvalue weighted by Gasteiger charge is 2.06. The van der Waals surface area contributed by atoms with Crippen molar-refractivity contribution in [2.45, 2.75) is 20.8 Å². The van der Waals surface area contributed by atoms with E-state index in [0.29, 0.717) is 37.2 Å². The van der Waals surface area contributed by atoms with Crippen LogP contribution in [0, 0.1) is 5.92 Å². The summed E-state index contributed by atoms with van der Waals surface area (Å²) >= 11 is 0. The minimum absolute atomic E-state index is 0.173. The number of nitrogens with one attached hydrogen (secondary N) is 2. The molecule has 0 fully saturated rings. The van der Waals surface area contributed by atoms with Gasteiger partial charge in [-0.1, -0.05) is 19.9 Å². The molecule has 19 heavy (non-hydrogen) atoms. The van der Waals surface area contributed by atoms with E-state index >= 15 is 0 Å². The summed E-state index contributed by atoms with van der Waals surface area (Å²) in [7, 11) is 0. The van der Waals surface area contributed by atoms with Gasteiger partial charge < -0.3 is 15.4 Å². The van der Waals surface area contributed by atoms with Crippen molar-refractivity contribution in [3.8, 4) is 0 Å². The van der Waals surface area contributed by atoms with Gasteiger partial charge in [-0.05, 0) is 25.0 Å². The lowest BCUT2D eigenvalue weighted by atomic mass is 10.2. The predicted molar refractivity (Wildman–Crippen MR) is 76.4 cm³/mol. The standard InChI is InChI=1S/C14H23N3O2/c1-4-15-13-7-5-6-12(17-13)14(18)16-8-9-19-10-11(2)3/h5-7,11H,4,8-10H2,1-3H3,(H,15,17)(H,16,18). The van der Waals surface area contributed by atoms with E-state index in [9.17, 15) is 4.79 Å². The summed E-state index contributed by atoms with van der Waals surface area (Å²) in [6.07, 6.45) is 0. The van der Waals surface area contributed by atoms with Crippen molar-refractivity contribution >= 4 is 11.7 Å². The van der Waals surface area contributed by atoms with Crippen LogP contribution in [0.5, 0.6) is 0 Å². The first kappa shape index (κ1) is 15.4. The maximum absolute atomic E-state index is 11.8. The molecular formula is C14H23N3O2. The molecule has 0 saturated carbocycles. The quantitative estimate of drug-likeness (QED) is 0.705. The first-order chi connectivity index (χ1) is 9.13. The predicted octanol–water partition coefficient (Wildman–Crippen LogP) is 1.92. The first-order valence-corrected chi connectivity index (χ1v) is 6.70. The Labute approximate surface area is 114 Å². The second-order valence-corrected chi connectivity index (χ2v) is 4.66. The van der Waals surface area contributed by atoms with Crippen LogP contribution in [0.25, 0.3) is 0 Å². The monoisotopic (exact) mass is 265 g/mol. The SMILES string of the molecule is CCNc1cccc(C(=O)NCCOCC(C)C)n1. The number of carbonyl (C=O) groups is 1. The Morgan fingerprint density at radius 1 is 1.42 bits per heavy atom. The Hall–Kier alpha value is -1.62. The van der Waals surface area contributed by atoms with Crippen LogP contribution < -0.4 is 10.6 Å². The zero-order valence-corrected chi connectivity index (χ0v) is 11.9. The number of aromatic nitrogens is 1. The van der Waals surface area contributed by atoms with Gasteiger partial charge in [0.15, 0.2) is 0 Å². The zero-order valence-electron chi connectivity index (χ0n) is 11.9. The van der Waals surface area contributed by atoms with E-state index in [2.05, 4.69) is 29.5 Å². The minimum atomic E-state index is -0.173. The fraction of sp³-hybridized carbons (Fsp3) is 0.571. The van der Waals surface area contributed by atoms with Gasteiger partial charge in [0.25, 0.3) is 5.91 Å². The van der Waals surface area contributed by atoms with Crippen molar-refractivity contribution < 1.29 is 9.53 Å². The fourth-order valence-corrected chi connectivity index (χ4v) is 1.49. The molecule has 5 nitrogen and oxygen atoms in total. The Morgan fingerprint density at radius 3 is 2.89 bits per heavy atom. The largest absolute Gasteiger partial charge is 0.379 e. The summed E-state index contributed by atoms with van der Waals surface area (Å²) in [6, 6.07) is 5.35. The summed E-state index contributed by atoms with van der Waals surface area (Å²) in [6.45, 7) is 8.69. The molecule has 1 aromatic rings. The van der Waals surface area contributed by atoms with E-state index < -0.39 is 0 Å². The lowest BCUT2D eigenvalue weighted by molar-refractivity contribution is 0.0882. The van der Waals surface area contributed by atoms with E-state index in [4.69, 9.17) is 4.74 Å². The molecule has 2 N–H and O–H groups in total. The van der Waals surface area contributed by atoms with Crippen molar-refractivity contribution in [1.82, 2.24) is 10.3 Å². The van der Waals surface area contributed by atoms with Crippen LogP contribution in [-0.4, -0.2) is 37.2 Å². The lowest BCUT2D eigenvalue weighted by Gasteiger charge is -2.08. The molecule has 1 aromatic heterocycles. The molecule has 5 heteroatoms. The molecule has 0 spiro atoms. The Bertz CT molecular complexity index is 394. The average molecular weight is 265 g/mol. The van der Waals surface area contributed by atoms with E-state index in [0.717, 1.165) is 6.54 Å². The van der Waals surface area contributed by atoms with E-state index in [1.165, 1.54) is 0 Å². The van der Waals surface area contributed by atoms with Gasteiger partial charge in [0, 0.05) is 19.7 Å². The fourth-order valence-electron chi connectivity index (χ4n) is 1.49. The van der Waals surface area contributed by atoms with Crippen molar-refractivity contribution in [2.24, 2.45) is 5.92 Å². The summed E-state index contributed by atoms with van der Waals surface area (Å²) in [4.78, 5) is 16.1. The van der Waals surface area contributed by atoms with Gasteiger partial charge in [-0.3, -0.25) is 4.79 Å². The molecule has 106 valence electrons. The molecule has 0 aliphatic carbocycles. The van der Waals surface area contributed by atoms with Crippen molar-refractivity contribution in [2.75, 3.05) is 31.6 Å². The molecule has 0 radical (unpaired) electrons. The molecule has 0 aliphatic heterocycles. The van der Waals surface area contributed by atoms with Gasteiger partial charge in [-0.25, -0.2) is 4.98 Å². The topological polar surface area (TPSA) is 63.2 Å². The molecule has 0 unspecified atom stereocenters. The number of anilines is 1. The van der Waals surface area contributed by atoms with Crippen LogP contribution in [-0.2, 0) is 4.74 Å². The Morgan fingerprint density at radius 2 is 2.21 bits per heavy atom. The van der Waals surface area contributed by atoms with Crippen LogP contribution in [0.1, 0.15) is 31.3 Å². The highest BCUT2D eigenvalue weighted by atomic mass is 16.5. The number of rotatable bonds is 8. The normalized spacial score (nSPS) is 10.5. The highest BCUT2D eigenvalue weighted by Crippen LogP contribution is 2.04. The van der Waals surface area contributed by atoms with Gasteiger partial charge in [0.05, 0.1) is 6.61 Å². The molecule has 1 heterocycles. The summed E-state index contributed by atoms with van der Waals surface area (Å²) < 4.78 is 5.40. The minimum Gasteiger partial charge on any atom is -0.379 e. The van der Waals surface area contributed by atoms with Crippen LogP contribution in [0.4, 0.5) is 5.82 Å². The molecule has 1 amide bonds. The average Bonchev–Trinajstić information content (AvgIpc) is 2.38. The van der Waals surface area contributed by atoms with E-state index in [-0.39, 0.29) is 5.91 Å². The number of pyridine rings is 1. The van der Waals surface area contributed by atoms with Crippen LogP contribution >= 0.6 is 0 Å². The summed E-state index contributed by atoms with van der Waals surface area (Å²) in [5.41, 5.74) is 0.419. The summed E-state index contributed by atoms with van der Waals surface area (Å²) in [5, 5.41) is 5.86. The molecule has 0 aliphatic rings. The third kappa shape index (κ3) is 6.20. The third-order valence-electron chi connectivity index (χ3n) is 2.32. The van der Waals surface area contributed by atoms with Crippen molar-refractivity contribution in [1.29, 1.82) is 0 Å². The number of hydrogen-bond acceptors (Lipinski definition) is 4. The third-order valence-corrected chi connectivity index (χ3v) is 2.32. The van der Waals surface area contributed by atoms with Crippen LogP contribution in [0.15, 0.2) is 18.2 Å². The van der Waals surface area contributed by atoms with Crippen LogP contribution in [0.2, 0.25) is 0 Å². The molecule has 0 atom stereocenters. The number of hydrogen-bond donors (Lipinski definition) is 2. The maximum Gasteiger partial charge on any atom is 0.270 e. The number of ether oxygens (including phenoxy) is 1. The maximum atomic E-state index is 11.8. The smallest absolute Gasteiger partial charge is 0.270 e. The first-order valence-electron chi connectivity index (χ1n) is 6.70. The molecule has 1 rings (SSSR count). The number of amides is 1. The number of carbonyl (C=O) groups excluding carboxylic acids is 1. The van der Waals surface area contributed by atoms with Crippen LogP contribution in [0.3, 0.4) is 0 Å². The van der Waals surface area contributed by atoms with Crippen molar-refractivity contribution in [3.63, 3.8) is 0 Å². The number of nitrogens with zero attached hydrogens (tertiary/aromatic N) is 1. The molecule has 0 aromatic carbocycles. The summed E-state index contributed by atoms with van der Waals surface area (Å²) in [5.74, 6) is 1.05. The van der Waals surface area contributed by atoms with Gasteiger partial charge in [-0.2, -0.15) is 0 Å². The van der Waals surface area contributed by atoms with Gasteiger partial charge in [0.1, 0.15) is 11.5 Å². The van der Waals surface area contributed by atoms with Crippen molar-refractivity contribution in [3.05, 3.63) is 23.9 Å². The Kier molecular flexibility index (Phi) is 6.89. The second kappa shape index (κ2) is 8.48. The van der Waals surface area contributed by atoms with E-state index in [1.54, 1.807) is 6.07 Å². The Balaban J connectivity index is 2.34. The highest BCUT2D eigenvalue weighted by molar-refractivity contribution is 5.92. The van der Waals surface area contributed by atoms with Gasteiger partial charge in [-0.15, -0.1) is 0 Å². The lowest BCUT2D eigenvalue weighted by Crippen LogP contribution is -2.28. The molecule has 0 bridgehead atoms.